The predicted molar refractivity (Wildman–Crippen MR) is 111 cm³/mol. The van der Waals surface area contributed by atoms with Gasteiger partial charge in [-0.05, 0) is 112 Å². The lowest BCUT2D eigenvalue weighted by Crippen LogP contribution is -2.36. The Morgan fingerprint density at radius 3 is 2.18 bits per heavy atom. The standard InChI is InChI=1S/C25H37FO2/c1-3-28-23-11-10-20-14-19(8-9-21(20)15-23)17-4-6-18(7-5-17)24-13-12-22(27-2)16-25(24)26/h12-13,16-21,23H,3-11,14-15H2,1-2H3. The van der Waals surface area contributed by atoms with Gasteiger partial charge in [-0.3, -0.25) is 0 Å². The molecular weight excluding hydrogens is 351 g/mol. The van der Waals surface area contributed by atoms with E-state index in [1.807, 2.05) is 12.1 Å². The minimum Gasteiger partial charge on any atom is -0.497 e. The van der Waals surface area contributed by atoms with Crippen molar-refractivity contribution in [2.75, 3.05) is 13.7 Å². The Hall–Kier alpha value is -1.09. The zero-order valence-electron chi connectivity index (χ0n) is 17.7. The van der Waals surface area contributed by atoms with Gasteiger partial charge in [-0.2, -0.15) is 0 Å². The van der Waals surface area contributed by atoms with E-state index in [4.69, 9.17) is 9.47 Å². The third-order valence-electron chi connectivity index (χ3n) is 8.09. The zero-order chi connectivity index (χ0) is 19.5. The number of rotatable bonds is 5. The van der Waals surface area contributed by atoms with E-state index in [0.717, 1.165) is 48.7 Å². The number of hydrogen-bond acceptors (Lipinski definition) is 2. The molecular formula is C25H37FO2. The second-order valence-corrected chi connectivity index (χ2v) is 9.48. The van der Waals surface area contributed by atoms with Gasteiger partial charge in [0.05, 0.1) is 13.2 Å². The summed E-state index contributed by atoms with van der Waals surface area (Å²) < 4.78 is 25.5. The third-order valence-corrected chi connectivity index (χ3v) is 8.09. The molecule has 3 aliphatic carbocycles. The highest BCUT2D eigenvalue weighted by molar-refractivity contribution is 5.31. The van der Waals surface area contributed by atoms with Gasteiger partial charge in [0.1, 0.15) is 11.6 Å². The summed E-state index contributed by atoms with van der Waals surface area (Å²) in [4.78, 5) is 0. The van der Waals surface area contributed by atoms with Gasteiger partial charge < -0.3 is 9.47 Å². The van der Waals surface area contributed by atoms with Gasteiger partial charge in [-0.1, -0.05) is 6.07 Å². The van der Waals surface area contributed by atoms with Crippen molar-refractivity contribution in [3.63, 3.8) is 0 Å². The van der Waals surface area contributed by atoms with Crippen molar-refractivity contribution < 1.29 is 13.9 Å². The van der Waals surface area contributed by atoms with Crippen LogP contribution in [0.1, 0.15) is 82.6 Å². The molecule has 0 saturated heterocycles. The number of fused-ring (bicyclic) bond motifs is 1. The zero-order valence-corrected chi connectivity index (χ0v) is 17.7. The molecule has 0 aliphatic heterocycles. The quantitative estimate of drug-likeness (QED) is 0.557. The number of hydrogen-bond donors (Lipinski definition) is 0. The molecule has 0 amide bonds. The van der Waals surface area contributed by atoms with Crippen LogP contribution in [0.4, 0.5) is 4.39 Å². The second-order valence-electron chi connectivity index (χ2n) is 9.48. The number of methoxy groups -OCH3 is 1. The molecule has 0 spiro atoms. The Kier molecular flexibility index (Phi) is 6.60. The van der Waals surface area contributed by atoms with Crippen molar-refractivity contribution in [3.8, 4) is 5.75 Å². The Morgan fingerprint density at radius 1 is 0.857 bits per heavy atom. The summed E-state index contributed by atoms with van der Waals surface area (Å²) in [5.41, 5.74) is 0.900. The normalized spacial score (nSPS) is 36.0. The molecule has 1 aromatic rings. The molecule has 0 radical (unpaired) electrons. The molecule has 3 aliphatic rings. The smallest absolute Gasteiger partial charge is 0.130 e. The highest BCUT2D eigenvalue weighted by Crippen LogP contribution is 2.49. The van der Waals surface area contributed by atoms with Crippen LogP contribution in [-0.2, 0) is 4.74 Å². The molecule has 156 valence electrons. The monoisotopic (exact) mass is 388 g/mol. The van der Waals surface area contributed by atoms with Crippen molar-refractivity contribution in [1.82, 2.24) is 0 Å². The van der Waals surface area contributed by atoms with Gasteiger partial charge >= 0.3 is 0 Å². The summed E-state index contributed by atoms with van der Waals surface area (Å²) in [6.07, 6.45) is 13.6. The molecule has 0 N–H and O–H groups in total. The molecule has 4 unspecified atom stereocenters. The first-order chi connectivity index (χ1) is 13.7. The third kappa shape index (κ3) is 4.40. The van der Waals surface area contributed by atoms with Crippen molar-refractivity contribution in [3.05, 3.63) is 29.6 Å². The van der Waals surface area contributed by atoms with Crippen LogP contribution in [0.25, 0.3) is 0 Å². The fraction of sp³-hybridized carbons (Fsp3) is 0.760. The molecule has 3 saturated carbocycles. The largest absolute Gasteiger partial charge is 0.497 e. The molecule has 0 bridgehead atoms. The average molecular weight is 389 g/mol. The molecule has 4 rings (SSSR count). The van der Waals surface area contributed by atoms with Crippen LogP contribution in [0.15, 0.2) is 18.2 Å². The number of ether oxygens (including phenoxy) is 2. The second kappa shape index (κ2) is 9.15. The molecule has 1 aromatic carbocycles. The lowest BCUT2D eigenvalue weighted by Gasteiger charge is -2.45. The Morgan fingerprint density at radius 2 is 1.50 bits per heavy atom. The van der Waals surface area contributed by atoms with Gasteiger partial charge in [0.2, 0.25) is 0 Å². The van der Waals surface area contributed by atoms with Crippen LogP contribution in [0.3, 0.4) is 0 Å². The van der Waals surface area contributed by atoms with Crippen LogP contribution >= 0.6 is 0 Å². The first-order valence-corrected chi connectivity index (χ1v) is 11.6. The van der Waals surface area contributed by atoms with Crippen LogP contribution in [0, 0.1) is 29.5 Å². The topological polar surface area (TPSA) is 18.5 Å². The fourth-order valence-electron chi connectivity index (χ4n) is 6.57. The summed E-state index contributed by atoms with van der Waals surface area (Å²) in [7, 11) is 1.59. The van der Waals surface area contributed by atoms with Gasteiger partial charge in [0, 0.05) is 12.7 Å². The van der Waals surface area contributed by atoms with Crippen molar-refractivity contribution in [2.24, 2.45) is 23.7 Å². The predicted octanol–water partition coefficient (Wildman–Crippen LogP) is 6.73. The Bertz CT molecular complexity index is 637. The highest BCUT2D eigenvalue weighted by atomic mass is 19.1. The summed E-state index contributed by atoms with van der Waals surface area (Å²) >= 11 is 0. The number of halogens is 1. The van der Waals surface area contributed by atoms with E-state index in [0.29, 0.717) is 17.8 Å². The Balaban J connectivity index is 1.29. The number of benzene rings is 1. The minimum atomic E-state index is -0.0885. The first-order valence-electron chi connectivity index (χ1n) is 11.6. The molecule has 28 heavy (non-hydrogen) atoms. The molecule has 3 heteroatoms. The van der Waals surface area contributed by atoms with Crippen molar-refractivity contribution >= 4 is 0 Å². The van der Waals surface area contributed by atoms with Gasteiger partial charge in [-0.15, -0.1) is 0 Å². The summed E-state index contributed by atoms with van der Waals surface area (Å²) in [6.45, 7) is 2.99. The van der Waals surface area contributed by atoms with E-state index < -0.39 is 0 Å². The highest BCUT2D eigenvalue weighted by Gasteiger charge is 2.39. The maximum absolute atomic E-state index is 14.5. The lowest BCUT2D eigenvalue weighted by atomic mass is 9.62. The van der Waals surface area contributed by atoms with E-state index >= 15 is 0 Å². The van der Waals surface area contributed by atoms with Gasteiger partial charge in [-0.25, -0.2) is 4.39 Å². The van der Waals surface area contributed by atoms with Gasteiger partial charge in [0.15, 0.2) is 0 Å². The molecule has 0 aromatic heterocycles. The maximum Gasteiger partial charge on any atom is 0.130 e. The SMILES string of the molecule is CCOC1CCC2CC(C3CCC(c4ccc(OC)cc4F)CC3)CCC2C1. The van der Waals surface area contributed by atoms with Gasteiger partial charge in [0.25, 0.3) is 0 Å². The molecule has 4 atom stereocenters. The average Bonchev–Trinajstić information content (AvgIpc) is 2.73. The summed E-state index contributed by atoms with van der Waals surface area (Å²) in [5, 5.41) is 0. The fourth-order valence-corrected chi connectivity index (χ4v) is 6.57. The Labute approximate surface area is 170 Å². The molecule has 2 nitrogen and oxygen atoms in total. The van der Waals surface area contributed by atoms with Crippen molar-refractivity contribution in [1.29, 1.82) is 0 Å². The van der Waals surface area contributed by atoms with Crippen LogP contribution in [0.5, 0.6) is 5.75 Å². The van der Waals surface area contributed by atoms with Crippen molar-refractivity contribution in [2.45, 2.75) is 83.2 Å². The summed E-state index contributed by atoms with van der Waals surface area (Å²) in [5.74, 6) is 4.54. The molecule has 3 fully saturated rings. The van der Waals surface area contributed by atoms with Crippen LogP contribution in [0.2, 0.25) is 0 Å². The first kappa shape index (κ1) is 20.2. The summed E-state index contributed by atoms with van der Waals surface area (Å²) in [6, 6.07) is 5.40. The van der Waals surface area contributed by atoms with Crippen LogP contribution < -0.4 is 4.74 Å². The maximum atomic E-state index is 14.5. The lowest BCUT2D eigenvalue weighted by molar-refractivity contribution is -0.0205. The van der Waals surface area contributed by atoms with E-state index in [1.54, 1.807) is 13.2 Å². The van der Waals surface area contributed by atoms with E-state index in [2.05, 4.69) is 6.92 Å². The minimum absolute atomic E-state index is 0.0885. The van der Waals surface area contributed by atoms with E-state index in [9.17, 15) is 4.39 Å². The van der Waals surface area contributed by atoms with E-state index in [-0.39, 0.29) is 5.82 Å². The van der Waals surface area contributed by atoms with E-state index in [1.165, 1.54) is 51.4 Å². The molecule has 0 heterocycles. The van der Waals surface area contributed by atoms with Crippen LogP contribution in [-0.4, -0.2) is 19.8 Å².